The van der Waals surface area contributed by atoms with Crippen LogP contribution in [0.15, 0.2) is 12.1 Å². The fraction of sp³-hybridized carbons (Fsp3) is 0.538. The minimum Gasteiger partial charge on any atom is -0.397 e. The number of hydrogen-bond donors (Lipinski definition) is 2. The van der Waals surface area contributed by atoms with E-state index in [1.807, 2.05) is 6.92 Å². The van der Waals surface area contributed by atoms with Crippen molar-refractivity contribution in [3.8, 4) is 0 Å². The molecule has 3 N–H and O–H groups in total. The van der Waals surface area contributed by atoms with Gasteiger partial charge in [-0.1, -0.05) is 38.3 Å². The Labute approximate surface area is 107 Å². The van der Waals surface area contributed by atoms with Crippen LogP contribution in [-0.2, 0) is 0 Å². The summed E-state index contributed by atoms with van der Waals surface area (Å²) in [7, 11) is 0. The molecule has 0 amide bonds. The van der Waals surface area contributed by atoms with Crippen LogP contribution >= 0.6 is 11.6 Å². The van der Waals surface area contributed by atoms with Crippen LogP contribution in [0.25, 0.3) is 0 Å². The van der Waals surface area contributed by atoms with Crippen molar-refractivity contribution in [2.45, 2.75) is 39.7 Å². The molecule has 0 saturated carbocycles. The average molecular weight is 259 g/mol. The van der Waals surface area contributed by atoms with E-state index in [1.54, 1.807) is 6.07 Å². The van der Waals surface area contributed by atoms with Crippen molar-refractivity contribution in [2.24, 2.45) is 5.92 Å². The Bertz CT molecular complexity index is 378. The lowest BCUT2D eigenvalue weighted by molar-refractivity contribution is 0.436. The number of halogens is 2. The molecule has 0 aliphatic carbocycles. The summed E-state index contributed by atoms with van der Waals surface area (Å²) in [6.45, 7) is 6.30. The molecule has 0 fully saturated rings. The Kier molecular flexibility index (Phi) is 5.06. The van der Waals surface area contributed by atoms with E-state index in [9.17, 15) is 4.39 Å². The summed E-state index contributed by atoms with van der Waals surface area (Å²) >= 11 is 5.75. The average Bonchev–Trinajstić information content (AvgIpc) is 2.31. The molecule has 0 aliphatic rings. The molecule has 1 unspecified atom stereocenters. The van der Waals surface area contributed by atoms with Gasteiger partial charge < -0.3 is 11.1 Å². The molecule has 0 radical (unpaired) electrons. The number of rotatable bonds is 5. The van der Waals surface area contributed by atoms with Crippen molar-refractivity contribution in [3.63, 3.8) is 0 Å². The lowest BCUT2D eigenvalue weighted by Crippen LogP contribution is -2.26. The molecular weight excluding hydrogens is 239 g/mol. The molecule has 0 spiro atoms. The Morgan fingerprint density at radius 3 is 2.47 bits per heavy atom. The quantitative estimate of drug-likeness (QED) is 0.773. The summed E-state index contributed by atoms with van der Waals surface area (Å²) in [4.78, 5) is 0. The fourth-order valence-corrected chi connectivity index (χ4v) is 2.21. The fourth-order valence-electron chi connectivity index (χ4n) is 2.05. The van der Waals surface area contributed by atoms with Crippen LogP contribution in [0.4, 0.5) is 15.8 Å². The van der Waals surface area contributed by atoms with Crippen molar-refractivity contribution < 1.29 is 4.39 Å². The smallest absolute Gasteiger partial charge is 0.166 e. The third-order valence-corrected chi connectivity index (χ3v) is 3.55. The summed E-state index contributed by atoms with van der Waals surface area (Å²) in [6, 6.07) is 3.26. The van der Waals surface area contributed by atoms with E-state index in [1.165, 1.54) is 6.07 Å². The predicted molar refractivity (Wildman–Crippen MR) is 73.0 cm³/mol. The molecule has 17 heavy (non-hydrogen) atoms. The molecule has 0 heterocycles. The molecule has 0 aromatic heterocycles. The predicted octanol–water partition coefficient (Wildman–Crippen LogP) is 4.30. The van der Waals surface area contributed by atoms with Gasteiger partial charge in [0.2, 0.25) is 0 Å². The van der Waals surface area contributed by atoms with E-state index < -0.39 is 5.82 Å². The number of nitrogens with one attached hydrogen (secondary N) is 1. The van der Waals surface area contributed by atoms with Crippen molar-refractivity contribution in [2.75, 3.05) is 11.1 Å². The van der Waals surface area contributed by atoms with E-state index in [2.05, 4.69) is 19.2 Å². The van der Waals surface area contributed by atoms with Crippen molar-refractivity contribution in [1.82, 2.24) is 0 Å². The second kappa shape index (κ2) is 6.10. The number of benzene rings is 1. The third kappa shape index (κ3) is 3.25. The first kappa shape index (κ1) is 14.1. The minimum atomic E-state index is -0.468. The standard InChI is InChI=1S/C13H20ClFN2/c1-4-9(5-2)8(3)17-13-11(16)7-6-10(14)12(13)15/h6-9,17H,4-5,16H2,1-3H3. The van der Waals surface area contributed by atoms with Gasteiger partial charge in [-0.2, -0.15) is 0 Å². The van der Waals surface area contributed by atoms with Gasteiger partial charge in [0.05, 0.1) is 16.4 Å². The van der Waals surface area contributed by atoms with Crippen LogP contribution in [0, 0.1) is 11.7 Å². The monoisotopic (exact) mass is 258 g/mol. The molecule has 0 bridgehead atoms. The van der Waals surface area contributed by atoms with Crippen molar-refractivity contribution in [1.29, 1.82) is 0 Å². The maximum absolute atomic E-state index is 13.8. The Morgan fingerprint density at radius 1 is 1.35 bits per heavy atom. The highest BCUT2D eigenvalue weighted by Gasteiger charge is 2.17. The van der Waals surface area contributed by atoms with Gasteiger partial charge in [0, 0.05) is 6.04 Å². The highest BCUT2D eigenvalue weighted by Crippen LogP contribution is 2.30. The maximum atomic E-state index is 13.8. The summed E-state index contributed by atoms with van der Waals surface area (Å²) in [5.41, 5.74) is 6.47. The van der Waals surface area contributed by atoms with Gasteiger partial charge in [-0.15, -0.1) is 0 Å². The van der Waals surface area contributed by atoms with Gasteiger partial charge in [0.15, 0.2) is 5.82 Å². The van der Waals surface area contributed by atoms with Crippen LogP contribution < -0.4 is 11.1 Å². The van der Waals surface area contributed by atoms with Crippen molar-refractivity contribution in [3.05, 3.63) is 23.0 Å². The molecular formula is C13H20ClFN2. The van der Waals surface area contributed by atoms with Gasteiger partial charge in [0.1, 0.15) is 0 Å². The van der Waals surface area contributed by atoms with Gasteiger partial charge in [-0.05, 0) is 25.0 Å². The SMILES string of the molecule is CCC(CC)C(C)Nc1c(N)ccc(Cl)c1F. The molecule has 4 heteroatoms. The first-order valence-corrected chi connectivity index (χ1v) is 6.39. The minimum absolute atomic E-state index is 0.0958. The number of nitrogens with two attached hydrogens (primary N) is 1. The zero-order valence-electron chi connectivity index (χ0n) is 10.6. The highest BCUT2D eigenvalue weighted by atomic mass is 35.5. The van der Waals surface area contributed by atoms with E-state index in [4.69, 9.17) is 17.3 Å². The molecule has 0 saturated heterocycles. The van der Waals surface area contributed by atoms with Gasteiger partial charge in [-0.25, -0.2) is 4.39 Å². The summed E-state index contributed by atoms with van der Waals surface area (Å²) in [5.74, 6) is 0.0252. The van der Waals surface area contributed by atoms with E-state index in [0.717, 1.165) is 12.8 Å². The van der Waals surface area contributed by atoms with Crippen molar-refractivity contribution >= 4 is 23.0 Å². The molecule has 1 atom stereocenters. The molecule has 1 aromatic rings. The summed E-state index contributed by atoms with van der Waals surface area (Å²) in [6.07, 6.45) is 2.10. The molecule has 1 rings (SSSR count). The first-order valence-electron chi connectivity index (χ1n) is 6.01. The van der Waals surface area contributed by atoms with Gasteiger partial charge in [-0.3, -0.25) is 0 Å². The second-order valence-electron chi connectivity index (χ2n) is 4.34. The van der Waals surface area contributed by atoms with E-state index in [0.29, 0.717) is 17.3 Å². The van der Waals surface area contributed by atoms with E-state index in [-0.39, 0.29) is 11.1 Å². The topological polar surface area (TPSA) is 38.0 Å². The maximum Gasteiger partial charge on any atom is 0.166 e. The lowest BCUT2D eigenvalue weighted by Gasteiger charge is -2.24. The Morgan fingerprint density at radius 2 is 1.94 bits per heavy atom. The van der Waals surface area contributed by atoms with Crippen LogP contribution in [-0.4, -0.2) is 6.04 Å². The number of nitrogen functional groups attached to an aromatic ring is 1. The van der Waals surface area contributed by atoms with Crippen LogP contribution in [0.1, 0.15) is 33.6 Å². The van der Waals surface area contributed by atoms with Crippen LogP contribution in [0.5, 0.6) is 0 Å². The lowest BCUT2D eigenvalue weighted by atomic mass is 9.95. The normalized spacial score (nSPS) is 12.8. The molecule has 2 nitrogen and oxygen atoms in total. The summed E-state index contributed by atoms with van der Waals surface area (Å²) in [5, 5.41) is 3.23. The first-order chi connectivity index (χ1) is 8.01. The van der Waals surface area contributed by atoms with Gasteiger partial charge in [0.25, 0.3) is 0 Å². The Balaban J connectivity index is 2.91. The molecule has 0 aliphatic heterocycles. The highest BCUT2D eigenvalue weighted by molar-refractivity contribution is 6.31. The number of hydrogen-bond acceptors (Lipinski definition) is 2. The third-order valence-electron chi connectivity index (χ3n) is 3.25. The zero-order chi connectivity index (χ0) is 13.0. The second-order valence-corrected chi connectivity index (χ2v) is 4.74. The number of anilines is 2. The van der Waals surface area contributed by atoms with Crippen LogP contribution in [0.3, 0.4) is 0 Å². The Hall–Kier alpha value is -0.960. The zero-order valence-corrected chi connectivity index (χ0v) is 11.3. The summed E-state index contributed by atoms with van der Waals surface area (Å²) < 4.78 is 13.8. The van der Waals surface area contributed by atoms with Gasteiger partial charge >= 0.3 is 0 Å². The largest absolute Gasteiger partial charge is 0.397 e. The molecule has 1 aromatic carbocycles. The van der Waals surface area contributed by atoms with E-state index >= 15 is 0 Å². The molecule has 96 valence electrons. The van der Waals surface area contributed by atoms with Crippen LogP contribution in [0.2, 0.25) is 5.02 Å².